The van der Waals surface area contributed by atoms with Crippen LogP contribution in [0.15, 0.2) is 22.8 Å². The van der Waals surface area contributed by atoms with E-state index in [4.69, 9.17) is 22.1 Å². The van der Waals surface area contributed by atoms with E-state index in [9.17, 15) is 0 Å². The van der Waals surface area contributed by atoms with Crippen LogP contribution in [-0.2, 0) is 0 Å². The summed E-state index contributed by atoms with van der Waals surface area (Å²) >= 11 is 5.95. The summed E-state index contributed by atoms with van der Waals surface area (Å²) in [5.41, 5.74) is 6.76. The summed E-state index contributed by atoms with van der Waals surface area (Å²) in [6.45, 7) is 0. The van der Waals surface area contributed by atoms with Gasteiger partial charge in [-0.05, 0) is 28.5 Å². The maximum atomic E-state index is 5.95. The van der Waals surface area contributed by atoms with Gasteiger partial charge in [-0.25, -0.2) is 4.63 Å². The highest BCUT2D eigenvalue weighted by Gasteiger charge is 2.11. The topological polar surface area (TPSA) is 74.2 Å². The summed E-state index contributed by atoms with van der Waals surface area (Å²) in [6, 6.07) is 5.20. The lowest BCUT2D eigenvalue weighted by Gasteiger charge is -2.03. The van der Waals surface area contributed by atoms with Gasteiger partial charge in [-0.15, -0.1) is 0 Å². The molecule has 15 heavy (non-hydrogen) atoms. The van der Waals surface area contributed by atoms with Gasteiger partial charge in [-0.3, -0.25) is 0 Å². The van der Waals surface area contributed by atoms with Crippen molar-refractivity contribution in [3.63, 3.8) is 0 Å². The average Bonchev–Trinajstić information content (AvgIpc) is 2.64. The minimum atomic E-state index is 0.233. The molecule has 2 N–H and O–H groups in total. The zero-order valence-corrected chi connectivity index (χ0v) is 8.65. The number of aromatic nitrogens is 2. The molecule has 0 atom stereocenters. The molecule has 0 aliphatic rings. The fourth-order valence-electron chi connectivity index (χ4n) is 1.21. The van der Waals surface area contributed by atoms with Crippen LogP contribution in [0, 0.1) is 0 Å². The van der Waals surface area contributed by atoms with Crippen molar-refractivity contribution < 1.29 is 9.37 Å². The Bertz CT molecular complexity index is 484. The van der Waals surface area contributed by atoms with Crippen molar-refractivity contribution in [3.8, 4) is 17.0 Å². The van der Waals surface area contributed by atoms with Gasteiger partial charge in [0.1, 0.15) is 5.75 Å². The third-order valence-corrected chi connectivity index (χ3v) is 2.23. The molecule has 5 nitrogen and oxygen atoms in total. The molecule has 2 aromatic rings. The van der Waals surface area contributed by atoms with E-state index in [0.29, 0.717) is 16.5 Å². The lowest BCUT2D eigenvalue weighted by molar-refractivity contribution is 0.310. The van der Waals surface area contributed by atoms with Crippen LogP contribution in [0.2, 0.25) is 5.02 Å². The average molecular weight is 226 g/mol. The quantitative estimate of drug-likeness (QED) is 0.846. The molecule has 0 saturated carbocycles. The van der Waals surface area contributed by atoms with Crippen molar-refractivity contribution in [3.05, 3.63) is 23.2 Å². The molecule has 2 rings (SSSR count). The lowest BCUT2D eigenvalue weighted by atomic mass is 10.1. The Morgan fingerprint density at radius 3 is 2.73 bits per heavy atom. The Labute approximate surface area is 90.7 Å². The van der Waals surface area contributed by atoms with Crippen molar-refractivity contribution >= 4 is 17.4 Å². The summed E-state index contributed by atoms with van der Waals surface area (Å²) in [6.07, 6.45) is 0. The molecule has 6 heteroatoms. The number of nitrogens with zero attached hydrogens (tertiary/aromatic N) is 2. The number of nitrogens with two attached hydrogens (primary N) is 1. The van der Waals surface area contributed by atoms with Crippen LogP contribution >= 0.6 is 11.6 Å². The number of benzene rings is 1. The Morgan fingerprint density at radius 1 is 1.40 bits per heavy atom. The smallest absolute Gasteiger partial charge is 0.196 e. The number of halogens is 1. The van der Waals surface area contributed by atoms with Gasteiger partial charge in [0.15, 0.2) is 11.5 Å². The molecule has 0 radical (unpaired) electrons. The predicted molar refractivity (Wildman–Crippen MR) is 55.7 cm³/mol. The van der Waals surface area contributed by atoms with Gasteiger partial charge in [0.25, 0.3) is 0 Å². The van der Waals surface area contributed by atoms with E-state index < -0.39 is 0 Å². The number of nitrogen functional groups attached to an aromatic ring is 1. The molecule has 1 heterocycles. The number of hydrogen-bond donors (Lipinski definition) is 1. The summed E-state index contributed by atoms with van der Waals surface area (Å²) in [5, 5.41) is 7.64. The largest absolute Gasteiger partial charge is 0.495 e. The summed E-state index contributed by atoms with van der Waals surface area (Å²) < 4.78 is 9.52. The fraction of sp³-hybridized carbons (Fsp3) is 0.111. The number of ether oxygens (including phenoxy) is 1. The van der Waals surface area contributed by atoms with E-state index in [1.165, 1.54) is 0 Å². The maximum absolute atomic E-state index is 5.95. The standard InChI is InChI=1S/C9H8ClN3O2/c1-14-7-3-2-5(4-6(7)10)8-9(11)13-15-12-8/h2-4H,1H3,(H2,11,13). The van der Waals surface area contributed by atoms with Crippen LogP contribution in [-0.4, -0.2) is 17.4 Å². The first-order valence-corrected chi connectivity index (χ1v) is 4.52. The fourth-order valence-corrected chi connectivity index (χ4v) is 1.47. The zero-order chi connectivity index (χ0) is 10.8. The highest BCUT2D eigenvalue weighted by Crippen LogP contribution is 2.30. The predicted octanol–water partition coefficient (Wildman–Crippen LogP) is 1.98. The van der Waals surface area contributed by atoms with Gasteiger partial charge in [-0.2, -0.15) is 0 Å². The van der Waals surface area contributed by atoms with E-state index in [2.05, 4.69) is 14.9 Å². The van der Waals surface area contributed by atoms with Crippen LogP contribution in [0.25, 0.3) is 11.3 Å². The Hall–Kier alpha value is -1.75. The third kappa shape index (κ3) is 1.73. The number of methoxy groups -OCH3 is 1. The van der Waals surface area contributed by atoms with Crippen molar-refractivity contribution in [1.82, 2.24) is 10.3 Å². The Kier molecular flexibility index (Phi) is 2.47. The van der Waals surface area contributed by atoms with Crippen LogP contribution < -0.4 is 10.5 Å². The summed E-state index contributed by atoms with van der Waals surface area (Å²) in [5.74, 6) is 0.826. The van der Waals surface area contributed by atoms with E-state index in [0.717, 1.165) is 5.56 Å². The molecule has 0 saturated heterocycles. The monoisotopic (exact) mass is 225 g/mol. The molecule has 78 valence electrons. The highest BCUT2D eigenvalue weighted by molar-refractivity contribution is 6.32. The van der Waals surface area contributed by atoms with E-state index in [1.54, 1.807) is 25.3 Å². The molecule has 0 aliphatic carbocycles. The molecule has 0 fully saturated rings. The summed E-state index contributed by atoms with van der Waals surface area (Å²) in [4.78, 5) is 0. The van der Waals surface area contributed by atoms with Gasteiger partial charge in [0, 0.05) is 5.56 Å². The Balaban J connectivity index is 2.47. The lowest BCUT2D eigenvalue weighted by Crippen LogP contribution is -1.89. The highest BCUT2D eigenvalue weighted by atomic mass is 35.5. The van der Waals surface area contributed by atoms with Crippen molar-refractivity contribution in [2.75, 3.05) is 12.8 Å². The minimum Gasteiger partial charge on any atom is -0.495 e. The van der Waals surface area contributed by atoms with Crippen LogP contribution in [0.4, 0.5) is 5.82 Å². The SMILES string of the molecule is COc1ccc(-c2nonc2N)cc1Cl. The van der Waals surface area contributed by atoms with Crippen molar-refractivity contribution in [2.45, 2.75) is 0 Å². The molecular formula is C9H8ClN3O2. The summed E-state index contributed by atoms with van der Waals surface area (Å²) in [7, 11) is 1.55. The van der Waals surface area contributed by atoms with Gasteiger partial charge in [0.2, 0.25) is 0 Å². The minimum absolute atomic E-state index is 0.233. The number of anilines is 1. The second-order valence-electron chi connectivity index (χ2n) is 2.85. The van der Waals surface area contributed by atoms with Crippen LogP contribution in [0.1, 0.15) is 0 Å². The molecular weight excluding hydrogens is 218 g/mol. The van der Waals surface area contributed by atoms with Gasteiger partial charge in [-0.1, -0.05) is 11.6 Å². The normalized spacial score (nSPS) is 10.3. The van der Waals surface area contributed by atoms with Crippen molar-refractivity contribution in [2.24, 2.45) is 0 Å². The van der Waals surface area contributed by atoms with E-state index in [1.807, 2.05) is 0 Å². The molecule has 1 aromatic carbocycles. The first kappa shape index (κ1) is 9.79. The molecule has 0 unspecified atom stereocenters. The number of rotatable bonds is 2. The zero-order valence-electron chi connectivity index (χ0n) is 7.90. The van der Waals surface area contributed by atoms with Gasteiger partial charge >= 0.3 is 0 Å². The molecule has 0 amide bonds. The maximum Gasteiger partial charge on any atom is 0.196 e. The molecule has 0 aliphatic heterocycles. The van der Waals surface area contributed by atoms with E-state index in [-0.39, 0.29) is 5.82 Å². The van der Waals surface area contributed by atoms with Gasteiger partial charge in [0.05, 0.1) is 12.1 Å². The van der Waals surface area contributed by atoms with Gasteiger partial charge < -0.3 is 10.5 Å². The van der Waals surface area contributed by atoms with Crippen LogP contribution in [0.5, 0.6) is 5.75 Å². The molecule has 0 spiro atoms. The van der Waals surface area contributed by atoms with Crippen LogP contribution in [0.3, 0.4) is 0 Å². The first-order valence-electron chi connectivity index (χ1n) is 4.14. The molecule has 1 aromatic heterocycles. The van der Waals surface area contributed by atoms with E-state index >= 15 is 0 Å². The second kappa shape index (κ2) is 3.78. The third-order valence-electron chi connectivity index (χ3n) is 1.94. The van der Waals surface area contributed by atoms with Crippen molar-refractivity contribution in [1.29, 1.82) is 0 Å². The first-order chi connectivity index (χ1) is 7.22. The number of hydrogen-bond acceptors (Lipinski definition) is 5. The molecule has 0 bridgehead atoms. The Morgan fingerprint density at radius 2 is 2.20 bits per heavy atom. The second-order valence-corrected chi connectivity index (χ2v) is 3.25.